The lowest BCUT2D eigenvalue weighted by molar-refractivity contribution is 0.0617. The van der Waals surface area contributed by atoms with Gasteiger partial charge in [0, 0.05) is 37.6 Å². The molecule has 0 bridgehead atoms. The molecule has 3 heterocycles. The second-order valence-electron chi connectivity index (χ2n) is 7.83. The van der Waals surface area contributed by atoms with Crippen molar-refractivity contribution in [2.45, 2.75) is 38.8 Å². The van der Waals surface area contributed by atoms with Crippen LogP contribution in [0.4, 0.5) is 0 Å². The Morgan fingerprint density at radius 3 is 2.61 bits per heavy atom. The normalized spacial score (nSPS) is 16.0. The van der Waals surface area contributed by atoms with Crippen molar-refractivity contribution in [1.29, 1.82) is 0 Å². The van der Waals surface area contributed by atoms with Crippen LogP contribution >= 0.6 is 11.3 Å². The van der Waals surface area contributed by atoms with Crippen molar-refractivity contribution in [2.75, 3.05) is 20.1 Å². The molecule has 0 aliphatic carbocycles. The number of thiophene rings is 1. The third-order valence-corrected chi connectivity index (χ3v) is 6.71. The monoisotopic (exact) mass is 393 g/mol. The fraction of sp³-hybridized carbons (Fsp3) is 0.391. The average Bonchev–Trinajstić information content (AvgIpc) is 3.27. The number of hydrogen-bond acceptors (Lipinski definition) is 4. The zero-order valence-electron chi connectivity index (χ0n) is 16.8. The van der Waals surface area contributed by atoms with Crippen LogP contribution in [0.5, 0.6) is 0 Å². The van der Waals surface area contributed by atoms with E-state index in [1.807, 2.05) is 53.7 Å². The fourth-order valence-corrected chi connectivity index (χ4v) is 4.73. The number of hydrogen-bond donors (Lipinski definition) is 0. The van der Waals surface area contributed by atoms with Crippen molar-refractivity contribution >= 4 is 28.1 Å². The van der Waals surface area contributed by atoms with Gasteiger partial charge in [0.25, 0.3) is 5.91 Å². The van der Waals surface area contributed by atoms with E-state index in [1.165, 1.54) is 0 Å². The number of nitrogens with zero attached hydrogens (tertiary/aromatic N) is 3. The second kappa shape index (κ2) is 8.02. The summed E-state index contributed by atoms with van der Waals surface area (Å²) in [5, 5.41) is 2.97. The van der Waals surface area contributed by atoms with Gasteiger partial charge in [0.2, 0.25) is 0 Å². The number of aromatic nitrogens is 1. The van der Waals surface area contributed by atoms with Crippen LogP contribution < -0.4 is 0 Å². The van der Waals surface area contributed by atoms with Gasteiger partial charge in [-0.05, 0) is 50.3 Å². The van der Waals surface area contributed by atoms with Gasteiger partial charge in [-0.15, -0.1) is 11.3 Å². The Kier molecular flexibility index (Phi) is 5.47. The van der Waals surface area contributed by atoms with Crippen LogP contribution in [0.25, 0.3) is 21.5 Å². The first-order chi connectivity index (χ1) is 13.5. The minimum absolute atomic E-state index is 0.0967. The van der Waals surface area contributed by atoms with E-state index in [1.54, 1.807) is 11.3 Å². The van der Waals surface area contributed by atoms with E-state index in [0.717, 1.165) is 53.0 Å². The Labute approximate surface area is 170 Å². The number of carbonyl (C=O) groups excluding carboxylic acids is 1. The molecule has 0 N–H and O–H groups in total. The van der Waals surface area contributed by atoms with Gasteiger partial charge >= 0.3 is 0 Å². The van der Waals surface area contributed by atoms with Crippen LogP contribution in [0.3, 0.4) is 0 Å². The van der Waals surface area contributed by atoms with E-state index in [0.29, 0.717) is 12.1 Å². The highest BCUT2D eigenvalue weighted by Crippen LogP contribution is 2.29. The Morgan fingerprint density at radius 2 is 1.93 bits per heavy atom. The highest BCUT2D eigenvalue weighted by atomic mass is 32.1. The molecule has 1 fully saturated rings. The predicted octanol–water partition coefficient (Wildman–Crippen LogP) is 4.91. The number of rotatable bonds is 4. The van der Waals surface area contributed by atoms with E-state index in [2.05, 4.69) is 24.8 Å². The number of para-hydroxylation sites is 1. The molecule has 0 radical (unpaired) electrons. The molecule has 0 unspecified atom stereocenters. The maximum Gasteiger partial charge on any atom is 0.254 e. The molecule has 28 heavy (non-hydrogen) atoms. The summed E-state index contributed by atoms with van der Waals surface area (Å²) in [6.45, 7) is 6.59. The summed E-state index contributed by atoms with van der Waals surface area (Å²) < 4.78 is 0. The summed E-state index contributed by atoms with van der Waals surface area (Å²) in [6, 6.07) is 14.9. The molecule has 0 saturated carbocycles. The fourth-order valence-electron chi connectivity index (χ4n) is 4.05. The number of benzene rings is 1. The van der Waals surface area contributed by atoms with Gasteiger partial charge in [-0.1, -0.05) is 24.3 Å². The minimum atomic E-state index is 0.0967. The number of fused-ring (bicyclic) bond motifs is 1. The maximum atomic E-state index is 13.5. The lowest BCUT2D eigenvalue weighted by Gasteiger charge is -2.38. The van der Waals surface area contributed by atoms with Crippen molar-refractivity contribution in [3.63, 3.8) is 0 Å². The van der Waals surface area contributed by atoms with E-state index in [4.69, 9.17) is 4.98 Å². The Morgan fingerprint density at radius 1 is 1.18 bits per heavy atom. The molecule has 1 aromatic carbocycles. The number of likely N-dealkylation sites (tertiary alicyclic amines) is 1. The lowest BCUT2D eigenvalue weighted by Crippen LogP contribution is -2.47. The van der Waals surface area contributed by atoms with Gasteiger partial charge < -0.3 is 9.80 Å². The number of piperidine rings is 1. The van der Waals surface area contributed by atoms with E-state index < -0.39 is 0 Å². The predicted molar refractivity (Wildman–Crippen MR) is 117 cm³/mol. The summed E-state index contributed by atoms with van der Waals surface area (Å²) in [5.74, 6) is 0.0967. The summed E-state index contributed by atoms with van der Waals surface area (Å²) in [5.41, 5.74) is 2.50. The SMILES string of the molecule is CC(C)N1CCC(N(C)C(=O)c2cc(-c3cccs3)nc3ccccc23)CC1. The van der Waals surface area contributed by atoms with Crippen molar-refractivity contribution in [3.8, 4) is 10.6 Å². The highest BCUT2D eigenvalue weighted by molar-refractivity contribution is 7.13. The molecule has 2 aromatic heterocycles. The Bertz CT molecular complexity index is 959. The van der Waals surface area contributed by atoms with Crippen LogP contribution in [-0.2, 0) is 0 Å². The first kappa shape index (κ1) is 19.1. The van der Waals surface area contributed by atoms with Crippen LogP contribution in [0.15, 0.2) is 47.8 Å². The maximum absolute atomic E-state index is 13.5. The standard InChI is InChI=1S/C23H27N3OS/c1-16(2)26-12-10-17(11-13-26)25(3)23(27)19-15-21(22-9-6-14-28-22)24-20-8-5-4-7-18(19)20/h4-9,14-17H,10-13H2,1-3H3. The van der Waals surface area contributed by atoms with E-state index >= 15 is 0 Å². The zero-order valence-corrected chi connectivity index (χ0v) is 17.6. The largest absolute Gasteiger partial charge is 0.339 e. The van der Waals surface area contributed by atoms with Crippen LogP contribution in [0, 0.1) is 0 Å². The molecule has 0 spiro atoms. The molecule has 1 aliphatic rings. The summed E-state index contributed by atoms with van der Waals surface area (Å²) >= 11 is 1.65. The van der Waals surface area contributed by atoms with Crippen molar-refractivity contribution < 1.29 is 4.79 Å². The first-order valence-electron chi connectivity index (χ1n) is 9.99. The third-order valence-electron chi connectivity index (χ3n) is 5.82. The molecule has 0 atom stereocenters. The quantitative estimate of drug-likeness (QED) is 0.632. The Hall–Kier alpha value is -2.24. The van der Waals surface area contributed by atoms with E-state index in [9.17, 15) is 4.79 Å². The smallest absolute Gasteiger partial charge is 0.254 e. The summed E-state index contributed by atoms with van der Waals surface area (Å²) in [7, 11) is 1.96. The molecular formula is C23H27N3OS. The average molecular weight is 394 g/mol. The van der Waals surface area contributed by atoms with Crippen LogP contribution in [-0.4, -0.2) is 52.9 Å². The molecule has 3 aromatic rings. The number of pyridine rings is 1. The first-order valence-corrected chi connectivity index (χ1v) is 10.9. The molecule has 146 valence electrons. The highest BCUT2D eigenvalue weighted by Gasteiger charge is 2.28. The van der Waals surface area contributed by atoms with Gasteiger partial charge in [-0.3, -0.25) is 4.79 Å². The molecule has 4 rings (SSSR count). The topological polar surface area (TPSA) is 36.4 Å². The third kappa shape index (κ3) is 3.69. The van der Waals surface area contributed by atoms with Gasteiger partial charge in [-0.25, -0.2) is 4.98 Å². The molecule has 4 nitrogen and oxygen atoms in total. The summed E-state index contributed by atoms with van der Waals surface area (Å²) in [4.78, 5) is 23.8. The van der Waals surface area contributed by atoms with Gasteiger partial charge in [0.1, 0.15) is 0 Å². The molecule has 1 saturated heterocycles. The minimum Gasteiger partial charge on any atom is -0.339 e. The van der Waals surface area contributed by atoms with Gasteiger partial charge in [0.15, 0.2) is 0 Å². The molecular weight excluding hydrogens is 366 g/mol. The van der Waals surface area contributed by atoms with Gasteiger partial charge in [-0.2, -0.15) is 0 Å². The second-order valence-corrected chi connectivity index (χ2v) is 8.77. The molecule has 1 aliphatic heterocycles. The van der Waals surface area contributed by atoms with Crippen LogP contribution in [0.1, 0.15) is 37.0 Å². The molecule has 5 heteroatoms. The van der Waals surface area contributed by atoms with Crippen molar-refractivity contribution in [3.05, 3.63) is 53.4 Å². The molecule has 1 amide bonds. The zero-order chi connectivity index (χ0) is 19.7. The lowest BCUT2D eigenvalue weighted by atomic mass is 10.00. The van der Waals surface area contributed by atoms with E-state index in [-0.39, 0.29) is 5.91 Å². The number of amides is 1. The number of carbonyl (C=O) groups is 1. The van der Waals surface area contributed by atoms with Crippen molar-refractivity contribution in [2.24, 2.45) is 0 Å². The van der Waals surface area contributed by atoms with Gasteiger partial charge in [0.05, 0.1) is 21.7 Å². The Balaban J connectivity index is 1.65. The van der Waals surface area contributed by atoms with Crippen LogP contribution in [0.2, 0.25) is 0 Å². The van der Waals surface area contributed by atoms with Crippen molar-refractivity contribution in [1.82, 2.24) is 14.8 Å². The summed E-state index contributed by atoms with van der Waals surface area (Å²) in [6.07, 6.45) is 2.06.